The molecular weight excluding hydrogens is 440 g/mol. The van der Waals surface area contributed by atoms with Crippen LogP contribution in [0.2, 0.25) is 0 Å². The van der Waals surface area contributed by atoms with Crippen LogP contribution >= 0.6 is 0 Å². The summed E-state index contributed by atoms with van der Waals surface area (Å²) < 4.78 is 89.2. The van der Waals surface area contributed by atoms with Crippen molar-refractivity contribution in [3.8, 4) is 5.75 Å². The summed E-state index contributed by atoms with van der Waals surface area (Å²) in [5.74, 6) is -1.21. The number of ether oxygens (including phenoxy) is 1. The zero-order chi connectivity index (χ0) is 23.5. The molecule has 1 unspecified atom stereocenters. The summed E-state index contributed by atoms with van der Waals surface area (Å²) in [6.45, 7) is 1.19. The Morgan fingerprint density at radius 1 is 1.03 bits per heavy atom. The van der Waals surface area contributed by atoms with Crippen LogP contribution in [0.1, 0.15) is 31.4 Å². The second-order valence-corrected chi connectivity index (χ2v) is 9.52. The highest BCUT2D eigenvalue weighted by molar-refractivity contribution is 7.85. The van der Waals surface area contributed by atoms with Crippen LogP contribution in [0, 0.1) is 5.82 Å². The summed E-state index contributed by atoms with van der Waals surface area (Å²) in [5, 5.41) is 10.5. The largest absolute Gasteiger partial charge is 0.496 e. The number of hydrogen-bond acceptors (Lipinski definition) is 5. The van der Waals surface area contributed by atoms with Crippen LogP contribution in [0.15, 0.2) is 48.5 Å². The van der Waals surface area contributed by atoms with Crippen molar-refractivity contribution in [3.63, 3.8) is 0 Å². The van der Waals surface area contributed by atoms with E-state index in [-0.39, 0.29) is 11.3 Å². The van der Waals surface area contributed by atoms with E-state index in [0.717, 1.165) is 12.1 Å². The SMILES string of the molecule is COc1ccc(F)cc1C(C)(C)CC(O)(COS(=O)(=O)Cc1ccccc1)C(F)(F)F. The van der Waals surface area contributed by atoms with E-state index >= 15 is 0 Å². The Balaban J connectivity index is 2.29. The predicted molar refractivity (Wildman–Crippen MR) is 107 cm³/mol. The lowest BCUT2D eigenvalue weighted by molar-refractivity contribution is -0.274. The summed E-state index contributed by atoms with van der Waals surface area (Å²) in [4.78, 5) is 0. The standard InChI is InChI=1S/C21H24F4O5S/c1-19(2,17-11-16(22)9-10-18(17)29-3)13-20(26,21(23,24)25)14-30-31(27,28)12-15-7-5-4-6-8-15/h4-11,26H,12-14H2,1-3H3. The molecule has 0 aliphatic heterocycles. The van der Waals surface area contributed by atoms with E-state index in [0.29, 0.717) is 5.56 Å². The highest BCUT2D eigenvalue weighted by atomic mass is 32.2. The van der Waals surface area contributed by atoms with E-state index in [2.05, 4.69) is 4.18 Å². The molecule has 0 saturated carbocycles. The monoisotopic (exact) mass is 464 g/mol. The molecule has 2 rings (SSSR count). The average Bonchev–Trinajstić information content (AvgIpc) is 2.66. The van der Waals surface area contributed by atoms with Gasteiger partial charge in [-0.15, -0.1) is 0 Å². The van der Waals surface area contributed by atoms with Crippen LogP contribution in [0.3, 0.4) is 0 Å². The maximum absolute atomic E-state index is 13.8. The minimum Gasteiger partial charge on any atom is -0.496 e. The second-order valence-electron chi connectivity index (χ2n) is 7.88. The third-order valence-corrected chi connectivity index (χ3v) is 5.98. The lowest BCUT2D eigenvalue weighted by Crippen LogP contribution is -2.53. The molecule has 10 heteroatoms. The van der Waals surface area contributed by atoms with Gasteiger partial charge in [-0.05, 0) is 35.6 Å². The summed E-state index contributed by atoms with van der Waals surface area (Å²) in [7, 11) is -3.13. The van der Waals surface area contributed by atoms with Gasteiger partial charge in [-0.1, -0.05) is 44.2 Å². The van der Waals surface area contributed by atoms with Crippen molar-refractivity contribution in [3.05, 3.63) is 65.5 Å². The summed E-state index contributed by atoms with van der Waals surface area (Å²) in [6.07, 6.45) is -6.21. The Kier molecular flexibility index (Phi) is 7.39. The number of rotatable bonds is 9. The maximum Gasteiger partial charge on any atom is 0.419 e. The molecule has 1 atom stereocenters. The molecule has 0 fully saturated rings. The number of hydrogen-bond donors (Lipinski definition) is 1. The number of benzene rings is 2. The quantitative estimate of drug-likeness (QED) is 0.442. The van der Waals surface area contributed by atoms with Gasteiger partial charge in [-0.25, -0.2) is 4.39 Å². The van der Waals surface area contributed by atoms with E-state index in [1.807, 2.05) is 0 Å². The smallest absolute Gasteiger partial charge is 0.419 e. The molecule has 0 saturated heterocycles. The molecule has 0 aliphatic carbocycles. The van der Waals surface area contributed by atoms with Gasteiger partial charge in [0.2, 0.25) is 0 Å². The fourth-order valence-corrected chi connectivity index (χ4v) is 4.33. The third kappa shape index (κ3) is 6.41. The van der Waals surface area contributed by atoms with E-state index in [1.165, 1.54) is 39.2 Å². The van der Waals surface area contributed by atoms with Crippen molar-refractivity contribution in [2.24, 2.45) is 0 Å². The van der Waals surface area contributed by atoms with E-state index in [9.17, 15) is 31.1 Å². The first kappa shape index (κ1) is 25.1. The van der Waals surface area contributed by atoms with Gasteiger partial charge in [0, 0.05) is 5.56 Å². The maximum atomic E-state index is 13.8. The predicted octanol–water partition coefficient (Wildman–Crippen LogP) is 4.34. The minimum atomic E-state index is -5.22. The first-order chi connectivity index (χ1) is 14.2. The first-order valence-electron chi connectivity index (χ1n) is 9.23. The molecule has 0 heterocycles. The zero-order valence-corrected chi connectivity index (χ0v) is 18.1. The van der Waals surface area contributed by atoms with Crippen LogP contribution in [-0.2, 0) is 25.5 Å². The topological polar surface area (TPSA) is 72.8 Å². The van der Waals surface area contributed by atoms with Gasteiger partial charge in [0.1, 0.15) is 23.9 Å². The highest BCUT2D eigenvalue weighted by Gasteiger charge is 2.57. The van der Waals surface area contributed by atoms with Crippen molar-refractivity contribution >= 4 is 10.1 Å². The molecule has 0 radical (unpaired) electrons. The Labute approximate surface area is 178 Å². The molecule has 2 aromatic carbocycles. The van der Waals surface area contributed by atoms with E-state index in [4.69, 9.17) is 4.74 Å². The number of halogens is 4. The molecule has 1 N–H and O–H groups in total. The molecule has 2 aromatic rings. The molecule has 0 spiro atoms. The van der Waals surface area contributed by atoms with Gasteiger partial charge in [0.05, 0.1) is 7.11 Å². The van der Waals surface area contributed by atoms with Crippen molar-refractivity contribution in [2.45, 2.75) is 43.2 Å². The van der Waals surface area contributed by atoms with Crippen molar-refractivity contribution in [1.29, 1.82) is 0 Å². The summed E-state index contributed by atoms with van der Waals surface area (Å²) in [6, 6.07) is 11.1. The Morgan fingerprint density at radius 3 is 2.19 bits per heavy atom. The van der Waals surface area contributed by atoms with Crippen LogP contribution in [0.25, 0.3) is 0 Å². The Hall–Kier alpha value is -2.17. The first-order valence-corrected chi connectivity index (χ1v) is 10.8. The molecule has 0 aliphatic rings. The molecule has 31 heavy (non-hydrogen) atoms. The van der Waals surface area contributed by atoms with E-state index in [1.54, 1.807) is 18.2 Å². The Bertz CT molecular complexity index is 991. The van der Waals surface area contributed by atoms with Crippen molar-refractivity contribution in [2.75, 3.05) is 13.7 Å². The summed E-state index contributed by atoms with van der Waals surface area (Å²) >= 11 is 0. The molecule has 0 aromatic heterocycles. The van der Waals surface area contributed by atoms with Gasteiger partial charge in [-0.2, -0.15) is 21.6 Å². The zero-order valence-electron chi connectivity index (χ0n) is 17.2. The molecule has 5 nitrogen and oxygen atoms in total. The fourth-order valence-electron chi connectivity index (χ4n) is 3.28. The van der Waals surface area contributed by atoms with Crippen LogP contribution in [0.4, 0.5) is 17.6 Å². The summed E-state index contributed by atoms with van der Waals surface area (Å²) in [5.41, 5.74) is -4.56. The van der Waals surface area contributed by atoms with Crippen molar-refractivity contribution in [1.82, 2.24) is 0 Å². The minimum absolute atomic E-state index is 0.0878. The van der Waals surface area contributed by atoms with Crippen LogP contribution < -0.4 is 4.74 Å². The number of methoxy groups -OCH3 is 1. The van der Waals surface area contributed by atoms with Gasteiger partial charge in [0.25, 0.3) is 10.1 Å². The molecule has 0 amide bonds. The highest BCUT2D eigenvalue weighted by Crippen LogP contribution is 2.44. The normalized spacial score (nSPS) is 14.8. The van der Waals surface area contributed by atoms with Crippen LogP contribution in [-0.4, -0.2) is 39.0 Å². The van der Waals surface area contributed by atoms with Gasteiger partial charge in [-0.3, -0.25) is 4.18 Å². The van der Waals surface area contributed by atoms with Gasteiger partial charge in [0.15, 0.2) is 5.60 Å². The third-order valence-electron chi connectivity index (χ3n) is 4.82. The molecule has 172 valence electrons. The molecular formula is C21H24F4O5S. The fraction of sp³-hybridized carbons (Fsp3) is 0.429. The lowest BCUT2D eigenvalue weighted by Gasteiger charge is -2.37. The number of alkyl halides is 3. The average molecular weight is 464 g/mol. The molecule has 0 bridgehead atoms. The van der Waals surface area contributed by atoms with Gasteiger partial charge >= 0.3 is 6.18 Å². The number of aliphatic hydroxyl groups is 1. The Morgan fingerprint density at radius 2 is 1.65 bits per heavy atom. The van der Waals surface area contributed by atoms with Gasteiger partial charge < -0.3 is 9.84 Å². The van der Waals surface area contributed by atoms with E-state index < -0.39 is 51.9 Å². The van der Waals surface area contributed by atoms with Crippen LogP contribution in [0.5, 0.6) is 5.75 Å². The lowest BCUT2D eigenvalue weighted by atomic mass is 9.74. The second kappa shape index (κ2) is 9.13. The van der Waals surface area contributed by atoms with Crippen molar-refractivity contribution < 1.29 is 40.0 Å².